The van der Waals surface area contributed by atoms with E-state index in [1.54, 1.807) is 18.3 Å². The Morgan fingerprint density at radius 1 is 0.800 bits per heavy atom. The Bertz CT molecular complexity index is 1930. The quantitative estimate of drug-likeness (QED) is 0.276. The minimum atomic E-state index is -4.72. The number of rotatable bonds is 6. The molecule has 13 nitrogen and oxygen atoms in total. The third-order valence-electron chi connectivity index (χ3n) is 7.46. The summed E-state index contributed by atoms with van der Waals surface area (Å²) in [6, 6.07) is 16.4. The minimum Gasteiger partial charge on any atom is -0.292 e. The monoisotopic (exact) mass is 610 g/mol. The van der Waals surface area contributed by atoms with Crippen LogP contribution >= 0.6 is 0 Å². The zero-order chi connectivity index (χ0) is 31.1. The number of aromatic nitrogens is 11. The van der Waals surface area contributed by atoms with Crippen LogP contribution in [0.1, 0.15) is 29.1 Å². The summed E-state index contributed by atoms with van der Waals surface area (Å²) < 4.78 is 42.3. The van der Waals surface area contributed by atoms with Gasteiger partial charge in [0.25, 0.3) is 0 Å². The maximum Gasteiger partial charge on any atom is 0.433 e. The van der Waals surface area contributed by atoms with E-state index < -0.39 is 11.9 Å². The number of aromatic amines is 2. The first kappa shape index (κ1) is 27.9. The molecular weight excluding hydrogens is 589 g/mol. The highest BCUT2D eigenvalue weighted by molar-refractivity contribution is 5.97. The molecule has 0 spiro atoms. The number of benzene rings is 2. The lowest BCUT2D eigenvalue weighted by Crippen LogP contribution is -2.37. The molecule has 16 heteroatoms. The molecule has 0 unspecified atom stereocenters. The molecule has 6 aromatic rings. The highest BCUT2D eigenvalue weighted by Gasteiger charge is 2.40. The number of hydrogen-bond donors (Lipinski definition) is 2. The van der Waals surface area contributed by atoms with Gasteiger partial charge in [-0.1, -0.05) is 48.5 Å². The van der Waals surface area contributed by atoms with Gasteiger partial charge in [-0.25, -0.2) is 9.97 Å². The second-order valence-corrected chi connectivity index (χ2v) is 10.1. The van der Waals surface area contributed by atoms with E-state index in [0.29, 0.717) is 50.7 Å². The van der Waals surface area contributed by atoms with Crippen LogP contribution in [0.25, 0.3) is 45.2 Å². The van der Waals surface area contributed by atoms with Gasteiger partial charge >= 0.3 is 6.18 Å². The molecule has 224 valence electrons. The zero-order valence-corrected chi connectivity index (χ0v) is 23.4. The number of amides is 1. The number of carbonyl (C=O) groups is 1. The summed E-state index contributed by atoms with van der Waals surface area (Å²) >= 11 is 0. The van der Waals surface area contributed by atoms with E-state index >= 15 is 0 Å². The molecule has 0 atom stereocenters. The molecule has 45 heavy (non-hydrogen) atoms. The third kappa shape index (κ3) is 5.05. The summed E-state index contributed by atoms with van der Waals surface area (Å²) in [6.45, 7) is 1.22. The van der Waals surface area contributed by atoms with Crippen molar-refractivity contribution in [3.05, 3.63) is 83.4 Å². The first-order valence-corrected chi connectivity index (χ1v) is 13.7. The van der Waals surface area contributed by atoms with Crippen LogP contribution in [0.5, 0.6) is 0 Å². The fraction of sp³-hybridized carbons (Fsp3) is 0.172. The van der Waals surface area contributed by atoms with Crippen molar-refractivity contribution in [1.29, 1.82) is 0 Å². The van der Waals surface area contributed by atoms with E-state index in [2.05, 4.69) is 51.2 Å². The molecule has 1 amide bonds. The first-order chi connectivity index (χ1) is 21.8. The van der Waals surface area contributed by atoms with Crippen LogP contribution in [0.15, 0.2) is 60.8 Å². The number of anilines is 1. The van der Waals surface area contributed by atoms with Crippen molar-refractivity contribution in [2.45, 2.75) is 32.5 Å². The topological polar surface area (TPSA) is 168 Å². The Labute approximate surface area is 252 Å². The summed E-state index contributed by atoms with van der Waals surface area (Å²) in [4.78, 5) is 27.6. The molecule has 1 aliphatic rings. The van der Waals surface area contributed by atoms with Crippen LogP contribution < -0.4 is 4.90 Å². The largest absolute Gasteiger partial charge is 0.433 e. The number of H-pyrrole nitrogens is 2. The molecule has 5 heterocycles. The zero-order valence-electron chi connectivity index (χ0n) is 23.4. The molecular formula is C29H21F3N12O. The Kier molecular flexibility index (Phi) is 6.79. The van der Waals surface area contributed by atoms with E-state index in [4.69, 9.17) is 4.98 Å². The van der Waals surface area contributed by atoms with Crippen LogP contribution in [-0.2, 0) is 23.9 Å². The predicted octanol–water partition coefficient (Wildman–Crippen LogP) is 4.37. The molecule has 0 fully saturated rings. The maximum atomic E-state index is 14.1. The van der Waals surface area contributed by atoms with E-state index in [0.717, 1.165) is 0 Å². The van der Waals surface area contributed by atoms with Crippen molar-refractivity contribution in [1.82, 2.24) is 56.2 Å². The normalized spacial score (nSPS) is 13.2. The number of tetrazole rings is 2. The van der Waals surface area contributed by atoms with Gasteiger partial charge in [0.2, 0.25) is 17.6 Å². The fourth-order valence-electron chi connectivity index (χ4n) is 5.56. The second-order valence-electron chi connectivity index (χ2n) is 10.1. The van der Waals surface area contributed by atoms with Gasteiger partial charge in [0.15, 0.2) is 5.69 Å². The standard InChI is InChI=1S/C29H21F3N12O/c1-15-34-25(29(30,31)32)21-10-11-23(45)44(28(21)35-15)14-22-17(16-6-2-4-8-19(16)26-36-40-41-37-26)12-13-33-24(22)18-7-3-5-9-20(18)27-38-42-43-39-27/h2-9,12-13H,10-11,14H2,1H3,(H,36,37,40,41)(H,38,39,42,43). The van der Waals surface area contributed by atoms with Gasteiger partial charge in [-0.15, -0.1) is 20.4 Å². The number of nitrogens with one attached hydrogen (secondary N) is 2. The Morgan fingerprint density at radius 3 is 2.04 bits per heavy atom. The number of hydrogen-bond acceptors (Lipinski definition) is 10. The van der Waals surface area contributed by atoms with E-state index in [1.807, 2.05) is 42.5 Å². The van der Waals surface area contributed by atoms with Gasteiger partial charge in [0.1, 0.15) is 11.6 Å². The van der Waals surface area contributed by atoms with Crippen molar-refractivity contribution in [2.24, 2.45) is 0 Å². The van der Waals surface area contributed by atoms with Gasteiger partial charge in [-0.05, 0) is 41.0 Å². The number of alkyl halides is 3. The lowest BCUT2D eigenvalue weighted by atomic mass is 9.90. The minimum absolute atomic E-state index is 0.0789. The predicted molar refractivity (Wildman–Crippen MR) is 153 cm³/mol. The van der Waals surface area contributed by atoms with Crippen LogP contribution in [0.2, 0.25) is 0 Å². The van der Waals surface area contributed by atoms with Crippen LogP contribution in [0.3, 0.4) is 0 Å². The highest BCUT2D eigenvalue weighted by Crippen LogP contribution is 2.42. The van der Waals surface area contributed by atoms with Crippen LogP contribution in [0, 0.1) is 6.92 Å². The first-order valence-electron chi connectivity index (χ1n) is 13.7. The molecule has 1 aliphatic heterocycles. The highest BCUT2D eigenvalue weighted by atomic mass is 19.4. The second kappa shape index (κ2) is 11.0. The van der Waals surface area contributed by atoms with Gasteiger partial charge in [0.05, 0.1) is 12.2 Å². The smallest absolute Gasteiger partial charge is 0.292 e. The summed E-state index contributed by atoms with van der Waals surface area (Å²) in [5, 5.41) is 28.9. The molecule has 0 saturated heterocycles. The Morgan fingerprint density at radius 2 is 1.42 bits per heavy atom. The molecule has 0 bridgehead atoms. The lowest BCUT2D eigenvalue weighted by molar-refractivity contribution is -0.142. The summed E-state index contributed by atoms with van der Waals surface area (Å²) in [6.07, 6.45) is -3.38. The van der Waals surface area contributed by atoms with Crippen LogP contribution in [0.4, 0.5) is 19.0 Å². The third-order valence-corrected chi connectivity index (χ3v) is 7.46. The number of halogens is 3. The van der Waals surface area contributed by atoms with Gasteiger partial charge in [-0.2, -0.15) is 23.6 Å². The summed E-state index contributed by atoms with van der Waals surface area (Å²) in [7, 11) is 0. The van der Waals surface area contributed by atoms with Gasteiger partial charge in [0, 0.05) is 40.4 Å². The average Bonchev–Trinajstić information content (AvgIpc) is 3.77. The van der Waals surface area contributed by atoms with Crippen molar-refractivity contribution >= 4 is 11.7 Å². The SMILES string of the molecule is Cc1nc2c(c(C(F)(F)F)n1)CCC(=O)N2Cc1c(-c2ccccc2-c2nn[nH]n2)ccnc1-c1ccccc1-c1nn[nH]n1. The molecule has 2 aromatic carbocycles. The number of fused-ring (bicyclic) bond motifs is 1. The number of aryl methyl sites for hydroxylation is 1. The average molecular weight is 611 g/mol. The van der Waals surface area contributed by atoms with E-state index in [1.165, 1.54) is 11.8 Å². The Balaban J connectivity index is 1.48. The number of nitrogens with zero attached hydrogens (tertiary/aromatic N) is 10. The molecule has 0 saturated carbocycles. The van der Waals surface area contributed by atoms with Crippen LogP contribution in [-0.4, -0.2) is 62.1 Å². The molecule has 0 aliphatic carbocycles. The van der Waals surface area contributed by atoms with Crippen molar-refractivity contribution in [3.63, 3.8) is 0 Å². The summed E-state index contributed by atoms with van der Waals surface area (Å²) in [5.74, 6) is 0.0858. The molecule has 0 radical (unpaired) electrons. The van der Waals surface area contributed by atoms with Gasteiger partial charge in [-0.3, -0.25) is 14.7 Å². The summed E-state index contributed by atoms with van der Waals surface area (Å²) in [5.41, 5.74) is 3.02. The molecule has 2 N–H and O–H groups in total. The van der Waals surface area contributed by atoms with Crippen molar-refractivity contribution in [3.8, 4) is 45.2 Å². The lowest BCUT2D eigenvalue weighted by Gasteiger charge is -2.31. The Hall–Kier alpha value is -5.93. The molecule has 7 rings (SSSR count). The number of carbonyl (C=O) groups excluding carboxylic acids is 1. The van der Waals surface area contributed by atoms with Crippen molar-refractivity contribution < 1.29 is 18.0 Å². The molecule has 4 aromatic heterocycles. The maximum absolute atomic E-state index is 14.1. The van der Waals surface area contributed by atoms with Crippen molar-refractivity contribution in [2.75, 3.05) is 4.90 Å². The van der Waals surface area contributed by atoms with E-state index in [9.17, 15) is 18.0 Å². The van der Waals surface area contributed by atoms with Gasteiger partial charge < -0.3 is 0 Å². The van der Waals surface area contributed by atoms with E-state index in [-0.39, 0.29) is 42.5 Å². The fourth-order valence-corrected chi connectivity index (χ4v) is 5.56. The number of pyridine rings is 1.